The van der Waals surface area contributed by atoms with Crippen molar-refractivity contribution in [2.24, 2.45) is 5.92 Å². The van der Waals surface area contributed by atoms with Crippen LogP contribution in [0.2, 0.25) is 0 Å². The molecule has 2 atom stereocenters. The summed E-state index contributed by atoms with van der Waals surface area (Å²) in [6.07, 6.45) is 0.743. The number of anilines is 1. The van der Waals surface area contributed by atoms with Gasteiger partial charge in [0, 0.05) is 18.7 Å². The Morgan fingerprint density at radius 1 is 1.12 bits per heavy atom. The van der Waals surface area contributed by atoms with Gasteiger partial charge in [0.2, 0.25) is 11.8 Å². The topological polar surface area (TPSA) is 49.4 Å². The largest absolute Gasteiger partial charge is 0.336 e. The number of carbonyl (C=O) groups excluding carboxylic acids is 2. The maximum Gasteiger partial charge on any atom is 0.243 e. The molecule has 2 aromatic rings. The quantitative estimate of drug-likeness (QED) is 0.891. The lowest BCUT2D eigenvalue weighted by molar-refractivity contribution is -0.134. The number of hydrogen-bond acceptors (Lipinski definition) is 2. The molecule has 0 saturated heterocycles. The third-order valence-corrected chi connectivity index (χ3v) is 4.91. The number of para-hydroxylation sites is 1. The standard InChI is InChI=1S/C21H23FN2O2/c1-13-5-4-6-14(2)20(13)23-19(25)12-24(3)21(26)18-11-17(18)15-7-9-16(22)10-8-15/h4-10,17-18H,11-12H2,1-3H3,(H,23,25)/t17-,18-/m0/s1. The first-order chi connectivity index (χ1) is 12.4. The van der Waals surface area contributed by atoms with E-state index in [2.05, 4.69) is 5.32 Å². The third-order valence-electron chi connectivity index (χ3n) is 4.91. The van der Waals surface area contributed by atoms with Crippen LogP contribution in [0.15, 0.2) is 42.5 Å². The summed E-state index contributed by atoms with van der Waals surface area (Å²) in [5, 5.41) is 2.90. The van der Waals surface area contributed by atoms with Crippen molar-refractivity contribution in [3.63, 3.8) is 0 Å². The highest BCUT2D eigenvalue weighted by molar-refractivity contribution is 5.96. The van der Waals surface area contributed by atoms with E-state index in [-0.39, 0.29) is 36.0 Å². The fourth-order valence-electron chi connectivity index (χ4n) is 3.31. The van der Waals surface area contributed by atoms with Gasteiger partial charge in [-0.15, -0.1) is 0 Å². The Labute approximate surface area is 153 Å². The smallest absolute Gasteiger partial charge is 0.243 e. The third kappa shape index (κ3) is 3.93. The van der Waals surface area contributed by atoms with Gasteiger partial charge in [-0.3, -0.25) is 9.59 Å². The van der Waals surface area contributed by atoms with Crippen molar-refractivity contribution in [2.45, 2.75) is 26.2 Å². The van der Waals surface area contributed by atoms with Gasteiger partial charge in [0.25, 0.3) is 0 Å². The lowest BCUT2D eigenvalue weighted by Gasteiger charge is -2.18. The number of aryl methyl sites for hydroxylation is 2. The zero-order chi connectivity index (χ0) is 18.8. The molecule has 2 amide bonds. The Balaban J connectivity index is 1.56. The molecule has 0 bridgehead atoms. The van der Waals surface area contributed by atoms with Crippen molar-refractivity contribution >= 4 is 17.5 Å². The van der Waals surface area contributed by atoms with Crippen LogP contribution in [0.25, 0.3) is 0 Å². The molecule has 3 rings (SSSR count). The Morgan fingerprint density at radius 3 is 2.35 bits per heavy atom. The van der Waals surface area contributed by atoms with Gasteiger partial charge in [-0.05, 0) is 55.0 Å². The molecule has 4 nitrogen and oxygen atoms in total. The molecule has 1 fully saturated rings. The molecule has 26 heavy (non-hydrogen) atoms. The highest BCUT2D eigenvalue weighted by atomic mass is 19.1. The molecule has 0 aromatic heterocycles. The number of hydrogen-bond donors (Lipinski definition) is 1. The van der Waals surface area contributed by atoms with Gasteiger partial charge in [-0.25, -0.2) is 4.39 Å². The van der Waals surface area contributed by atoms with Gasteiger partial charge in [0.05, 0.1) is 6.54 Å². The zero-order valence-corrected chi connectivity index (χ0v) is 15.3. The van der Waals surface area contributed by atoms with E-state index < -0.39 is 0 Å². The van der Waals surface area contributed by atoms with E-state index in [1.165, 1.54) is 17.0 Å². The van der Waals surface area contributed by atoms with Crippen molar-refractivity contribution in [1.29, 1.82) is 0 Å². The molecule has 1 aliphatic carbocycles. The lowest BCUT2D eigenvalue weighted by atomic mass is 10.1. The van der Waals surface area contributed by atoms with Gasteiger partial charge < -0.3 is 10.2 Å². The Kier molecular flexibility index (Phi) is 5.07. The number of benzene rings is 2. The van der Waals surface area contributed by atoms with Crippen LogP contribution in [0.4, 0.5) is 10.1 Å². The van der Waals surface area contributed by atoms with Crippen LogP contribution >= 0.6 is 0 Å². The van der Waals surface area contributed by atoms with E-state index in [1.807, 2.05) is 32.0 Å². The fraction of sp³-hybridized carbons (Fsp3) is 0.333. The molecular formula is C21H23FN2O2. The van der Waals surface area contributed by atoms with E-state index in [1.54, 1.807) is 19.2 Å². The molecule has 1 saturated carbocycles. The SMILES string of the molecule is Cc1cccc(C)c1NC(=O)CN(C)C(=O)[C@H]1C[C@H]1c1ccc(F)cc1. The van der Waals surface area contributed by atoms with Gasteiger partial charge in [0.15, 0.2) is 0 Å². The fourth-order valence-corrected chi connectivity index (χ4v) is 3.31. The van der Waals surface area contributed by atoms with Crippen LogP contribution in [0.5, 0.6) is 0 Å². The van der Waals surface area contributed by atoms with Crippen LogP contribution in [-0.4, -0.2) is 30.3 Å². The highest BCUT2D eigenvalue weighted by Crippen LogP contribution is 2.48. The number of amides is 2. The molecule has 0 radical (unpaired) electrons. The average Bonchev–Trinajstić information content (AvgIpc) is 3.39. The van der Waals surface area contributed by atoms with Crippen molar-refractivity contribution in [3.8, 4) is 0 Å². The molecule has 2 aromatic carbocycles. The number of likely N-dealkylation sites (N-methyl/N-ethyl adjacent to an activating group) is 1. The average molecular weight is 354 g/mol. The van der Waals surface area contributed by atoms with Gasteiger partial charge >= 0.3 is 0 Å². The summed E-state index contributed by atoms with van der Waals surface area (Å²) >= 11 is 0. The van der Waals surface area contributed by atoms with E-state index >= 15 is 0 Å². The molecule has 0 aliphatic heterocycles. The first-order valence-electron chi connectivity index (χ1n) is 8.73. The van der Waals surface area contributed by atoms with Crippen LogP contribution in [0, 0.1) is 25.6 Å². The second-order valence-corrected chi connectivity index (χ2v) is 7.01. The molecular weight excluding hydrogens is 331 g/mol. The van der Waals surface area contributed by atoms with E-state index in [9.17, 15) is 14.0 Å². The minimum Gasteiger partial charge on any atom is -0.336 e. The summed E-state index contributed by atoms with van der Waals surface area (Å²) in [6, 6.07) is 12.1. The summed E-state index contributed by atoms with van der Waals surface area (Å²) in [4.78, 5) is 26.3. The Bertz CT molecular complexity index is 812. The van der Waals surface area contributed by atoms with Crippen LogP contribution in [-0.2, 0) is 9.59 Å². The van der Waals surface area contributed by atoms with Gasteiger partial charge in [-0.2, -0.15) is 0 Å². The second-order valence-electron chi connectivity index (χ2n) is 7.01. The first kappa shape index (κ1) is 18.1. The van der Waals surface area contributed by atoms with Crippen molar-refractivity contribution in [1.82, 2.24) is 4.90 Å². The molecule has 0 spiro atoms. The van der Waals surface area contributed by atoms with Crippen LogP contribution in [0.3, 0.4) is 0 Å². The summed E-state index contributed by atoms with van der Waals surface area (Å²) in [5.41, 5.74) is 3.75. The highest BCUT2D eigenvalue weighted by Gasteiger charge is 2.45. The number of nitrogens with zero attached hydrogens (tertiary/aromatic N) is 1. The Hall–Kier alpha value is -2.69. The predicted molar refractivity (Wildman–Crippen MR) is 99.4 cm³/mol. The molecule has 5 heteroatoms. The summed E-state index contributed by atoms with van der Waals surface area (Å²) in [6.45, 7) is 3.89. The van der Waals surface area contributed by atoms with Crippen molar-refractivity contribution in [3.05, 3.63) is 65.0 Å². The zero-order valence-electron chi connectivity index (χ0n) is 15.3. The molecule has 1 aliphatic rings. The minimum absolute atomic E-state index is 0.0131. The van der Waals surface area contributed by atoms with E-state index in [0.717, 1.165) is 28.8 Å². The Morgan fingerprint density at radius 2 is 1.73 bits per heavy atom. The van der Waals surface area contributed by atoms with Crippen LogP contribution in [0.1, 0.15) is 29.0 Å². The van der Waals surface area contributed by atoms with Crippen molar-refractivity contribution in [2.75, 3.05) is 18.9 Å². The lowest BCUT2D eigenvalue weighted by Crippen LogP contribution is -2.36. The summed E-state index contributed by atoms with van der Waals surface area (Å²) in [7, 11) is 1.65. The number of halogens is 1. The minimum atomic E-state index is -0.280. The van der Waals surface area contributed by atoms with Crippen LogP contribution < -0.4 is 5.32 Å². The maximum absolute atomic E-state index is 13.0. The monoisotopic (exact) mass is 354 g/mol. The predicted octanol–water partition coefficient (Wildman–Crippen LogP) is 3.64. The number of rotatable bonds is 5. The first-order valence-corrected chi connectivity index (χ1v) is 8.73. The van der Waals surface area contributed by atoms with E-state index in [0.29, 0.717) is 0 Å². The molecule has 0 unspecified atom stereocenters. The van der Waals surface area contributed by atoms with Gasteiger partial charge in [-0.1, -0.05) is 30.3 Å². The normalized spacial score (nSPS) is 18.3. The van der Waals surface area contributed by atoms with E-state index in [4.69, 9.17) is 0 Å². The van der Waals surface area contributed by atoms with Gasteiger partial charge in [0.1, 0.15) is 5.82 Å². The summed E-state index contributed by atoms with van der Waals surface area (Å²) < 4.78 is 13.0. The second kappa shape index (κ2) is 7.28. The molecule has 0 heterocycles. The molecule has 136 valence electrons. The summed E-state index contributed by atoms with van der Waals surface area (Å²) in [5.74, 6) is -0.545. The number of nitrogens with one attached hydrogen (secondary N) is 1. The number of carbonyl (C=O) groups is 2. The van der Waals surface area contributed by atoms with Crippen molar-refractivity contribution < 1.29 is 14.0 Å². The maximum atomic E-state index is 13.0. The molecule has 1 N–H and O–H groups in total.